The van der Waals surface area contributed by atoms with E-state index in [2.05, 4.69) is 11.6 Å². The van der Waals surface area contributed by atoms with Crippen molar-refractivity contribution in [2.75, 3.05) is 19.6 Å². The topological polar surface area (TPSA) is 86.7 Å². The highest BCUT2D eigenvalue weighted by atomic mass is 32.2. The summed E-state index contributed by atoms with van der Waals surface area (Å²) in [5.74, 6) is -0.468. The van der Waals surface area contributed by atoms with Gasteiger partial charge < -0.3 is 5.11 Å². The van der Waals surface area contributed by atoms with Crippen LogP contribution in [0.5, 0.6) is 0 Å². The molecule has 1 fully saturated rings. The van der Waals surface area contributed by atoms with Gasteiger partial charge in [-0.1, -0.05) is 6.92 Å². The van der Waals surface area contributed by atoms with Gasteiger partial charge in [-0.05, 0) is 32.6 Å². The summed E-state index contributed by atoms with van der Waals surface area (Å²) < 4.78 is 27.7. The molecular formula is C11H22N2O4S. The van der Waals surface area contributed by atoms with Gasteiger partial charge in [0.25, 0.3) is 10.2 Å². The zero-order valence-corrected chi connectivity index (χ0v) is 12.0. The Bertz CT molecular complexity index is 397. The second kappa shape index (κ2) is 5.54. The molecule has 0 aromatic rings. The predicted octanol–water partition coefficient (Wildman–Crippen LogP) is 0.663. The number of nitrogens with zero attached hydrogens (tertiary/aromatic N) is 1. The Balaban J connectivity index is 2.58. The second-order valence-electron chi connectivity index (χ2n) is 5.60. The molecule has 0 amide bonds. The molecule has 0 aliphatic carbocycles. The molecule has 2 N–H and O–H groups in total. The van der Waals surface area contributed by atoms with Gasteiger partial charge in [0.15, 0.2) is 0 Å². The highest BCUT2D eigenvalue weighted by Gasteiger charge is 2.32. The van der Waals surface area contributed by atoms with E-state index in [-0.39, 0.29) is 6.54 Å². The SMILES string of the molecule is CC1CCN(S(=O)(=O)NCC(C)(C)C(=O)O)CC1. The van der Waals surface area contributed by atoms with Crippen molar-refractivity contribution in [3.63, 3.8) is 0 Å². The Labute approximate surface area is 109 Å². The van der Waals surface area contributed by atoms with Crippen molar-refractivity contribution in [1.82, 2.24) is 9.03 Å². The number of piperidine rings is 1. The van der Waals surface area contributed by atoms with E-state index >= 15 is 0 Å². The van der Waals surface area contributed by atoms with E-state index in [1.54, 1.807) is 0 Å². The molecule has 7 heteroatoms. The molecule has 0 radical (unpaired) electrons. The van der Waals surface area contributed by atoms with Crippen LogP contribution in [0.3, 0.4) is 0 Å². The molecule has 1 rings (SSSR count). The van der Waals surface area contributed by atoms with E-state index in [9.17, 15) is 13.2 Å². The normalized spacial score (nSPS) is 19.9. The molecule has 0 aromatic carbocycles. The number of carboxylic acids is 1. The molecule has 1 saturated heterocycles. The quantitative estimate of drug-likeness (QED) is 0.773. The van der Waals surface area contributed by atoms with Crippen molar-refractivity contribution in [1.29, 1.82) is 0 Å². The monoisotopic (exact) mass is 278 g/mol. The summed E-state index contributed by atoms with van der Waals surface area (Å²) in [6.45, 7) is 6.00. The predicted molar refractivity (Wildman–Crippen MR) is 68.3 cm³/mol. The van der Waals surface area contributed by atoms with Crippen LogP contribution in [0.15, 0.2) is 0 Å². The number of nitrogens with one attached hydrogen (secondary N) is 1. The van der Waals surface area contributed by atoms with Crippen LogP contribution in [-0.4, -0.2) is 43.4 Å². The Morgan fingerprint density at radius 3 is 2.33 bits per heavy atom. The lowest BCUT2D eigenvalue weighted by molar-refractivity contribution is -0.146. The number of aliphatic carboxylic acids is 1. The van der Waals surface area contributed by atoms with Crippen molar-refractivity contribution in [2.24, 2.45) is 11.3 Å². The van der Waals surface area contributed by atoms with E-state index < -0.39 is 21.6 Å². The standard InChI is InChI=1S/C11H22N2O4S/c1-9-4-6-13(7-5-9)18(16,17)12-8-11(2,3)10(14)15/h9,12H,4-8H2,1-3H3,(H,14,15). The summed E-state index contributed by atoms with van der Waals surface area (Å²) in [7, 11) is -3.55. The second-order valence-corrected chi connectivity index (χ2v) is 7.35. The highest BCUT2D eigenvalue weighted by Crippen LogP contribution is 2.19. The average Bonchev–Trinajstić information content (AvgIpc) is 2.27. The number of carbonyl (C=O) groups is 1. The summed E-state index contributed by atoms with van der Waals surface area (Å²) in [4.78, 5) is 10.9. The molecule has 1 aliphatic heterocycles. The average molecular weight is 278 g/mol. The summed E-state index contributed by atoms with van der Waals surface area (Å²) in [6, 6.07) is 0. The fourth-order valence-corrected chi connectivity index (χ4v) is 3.08. The van der Waals surface area contributed by atoms with Crippen LogP contribution in [0, 0.1) is 11.3 Å². The fourth-order valence-electron chi connectivity index (χ4n) is 1.66. The van der Waals surface area contributed by atoms with Crippen molar-refractivity contribution in [2.45, 2.75) is 33.6 Å². The summed E-state index contributed by atoms with van der Waals surface area (Å²) in [6.07, 6.45) is 1.70. The molecule has 0 spiro atoms. The molecule has 1 heterocycles. The molecule has 0 atom stereocenters. The van der Waals surface area contributed by atoms with Crippen molar-refractivity contribution < 1.29 is 18.3 Å². The van der Waals surface area contributed by atoms with E-state index in [0.29, 0.717) is 19.0 Å². The largest absolute Gasteiger partial charge is 0.481 e. The summed E-state index contributed by atoms with van der Waals surface area (Å²) in [5.41, 5.74) is -1.10. The molecule has 0 aromatic heterocycles. The fraction of sp³-hybridized carbons (Fsp3) is 0.909. The first kappa shape index (κ1) is 15.4. The van der Waals surface area contributed by atoms with Gasteiger partial charge in [0.2, 0.25) is 0 Å². The number of hydrogen-bond acceptors (Lipinski definition) is 3. The van der Waals surface area contributed by atoms with Crippen molar-refractivity contribution >= 4 is 16.2 Å². The highest BCUT2D eigenvalue weighted by molar-refractivity contribution is 7.87. The minimum absolute atomic E-state index is 0.100. The Morgan fingerprint density at radius 2 is 1.89 bits per heavy atom. The van der Waals surface area contributed by atoms with Gasteiger partial charge in [-0.15, -0.1) is 0 Å². The zero-order valence-electron chi connectivity index (χ0n) is 11.1. The Kier molecular flexibility index (Phi) is 4.74. The van der Waals surface area contributed by atoms with Gasteiger partial charge in [0.1, 0.15) is 0 Å². The molecule has 0 saturated carbocycles. The third-order valence-corrected chi connectivity index (χ3v) is 4.91. The zero-order chi connectivity index (χ0) is 14.0. The molecule has 6 nitrogen and oxygen atoms in total. The number of carboxylic acid groups (broad SMARTS) is 1. The maximum atomic E-state index is 12.0. The molecule has 0 unspecified atom stereocenters. The third kappa shape index (κ3) is 3.93. The minimum Gasteiger partial charge on any atom is -0.481 e. The van der Waals surface area contributed by atoms with Crippen LogP contribution in [0.25, 0.3) is 0 Å². The molecule has 1 aliphatic rings. The van der Waals surface area contributed by atoms with Crippen LogP contribution >= 0.6 is 0 Å². The van der Waals surface area contributed by atoms with Gasteiger partial charge >= 0.3 is 5.97 Å². The van der Waals surface area contributed by atoms with E-state index in [1.807, 2.05) is 0 Å². The lowest BCUT2D eigenvalue weighted by atomic mass is 9.95. The van der Waals surface area contributed by atoms with Crippen LogP contribution in [0.1, 0.15) is 33.6 Å². The van der Waals surface area contributed by atoms with E-state index in [1.165, 1.54) is 18.2 Å². The van der Waals surface area contributed by atoms with Gasteiger partial charge in [-0.25, -0.2) is 4.72 Å². The van der Waals surface area contributed by atoms with Crippen LogP contribution in [0.2, 0.25) is 0 Å². The Hall–Kier alpha value is -0.660. The number of hydrogen-bond donors (Lipinski definition) is 2. The number of rotatable bonds is 5. The van der Waals surface area contributed by atoms with Crippen molar-refractivity contribution in [3.8, 4) is 0 Å². The third-order valence-electron chi connectivity index (χ3n) is 3.36. The summed E-state index contributed by atoms with van der Waals surface area (Å²) >= 11 is 0. The van der Waals surface area contributed by atoms with Gasteiger partial charge in [-0.2, -0.15) is 12.7 Å². The van der Waals surface area contributed by atoms with Gasteiger partial charge in [-0.3, -0.25) is 4.79 Å². The first-order valence-electron chi connectivity index (χ1n) is 6.13. The van der Waals surface area contributed by atoms with Crippen LogP contribution in [-0.2, 0) is 15.0 Å². The molecule has 0 bridgehead atoms. The van der Waals surface area contributed by atoms with Gasteiger partial charge in [0, 0.05) is 19.6 Å². The first-order valence-corrected chi connectivity index (χ1v) is 7.57. The smallest absolute Gasteiger partial charge is 0.310 e. The minimum atomic E-state index is -3.55. The lowest BCUT2D eigenvalue weighted by Gasteiger charge is -2.30. The van der Waals surface area contributed by atoms with E-state index in [0.717, 1.165) is 12.8 Å². The van der Waals surface area contributed by atoms with Crippen LogP contribution in [0.4, 0.5) is 0 Å². The molecule has 18 heavy (non-hydrogen) atoms. The maximum Gasteiger partial charge on any atom is 0.310 e. The van der Waals surface area contributed by atoms with Crippen molar-refractivity contribution in [3.05, 3.63) is 0 Å². The van der Waals surface area contributed by atoms with Gasteiger partial charge in [0.05, 0.1) is 5.41 Å². The molecular weight excluding hydrogens is 256 g/mol. The molecule has 106 valence electrons. The van der Waals surface area contributed by atoms with Crippen LogP contribution < -0.4 is 4.72 Å². The maximum absolute atomic E-state index is 12.0. The van der Waals surface area contributed by atoms with E-state index in [4.69, 9.17) is 5.11 Å². The summed E-state index contributed by atoms with van der Waals surface area (Å²) in [5, 5.41) is 8.93. The first-order chi connectivity index (χ1) is 8.15. The lowest BCUT2D eigenvalue weighted by Crippen LogP contribution is -2.48. The Morgan fingerprint density at radius 1 is 1.39 bits per heavy atom.